The molecule has 0 N–H and O–H groups in total. The fourth-order valence-electron chi connectivity index (χ4n) is 0.362. The highest BCUT2D eigenvalue weighted by Crippen LogP contribution is 2.17. The lowest BCUT2D eigenvalue weighted by atomic mass is 10.1. The van der Waals surface area contributed by atoms with E-state index in [0.717, 1.165) is 0 Å². The van der Waals surface area contributed by atoms with Crippen LogP contribution in [0.5, 0.6) is 0 Å². The molecule has 1 unspecified atom stereocenters. The van der Waals surface area contributed by atoms with Crippen molar-refractivity contribution < 1.29 is 4.39 Å². The predicted octanol–water partition coefficient (Wildman–Crippen LogP) is 2.73. The van der Waals surface area contributed by atoms with Gasteiger partial charge in [-0.05, 0) is 5.92 Å². The van der Waals surface area contributed by atoms with Gasteiger partial charge in [-0.2, -0.15) is 0 Å². The molecule has 0 bridgehead atoms. The third-order valence-electron chi connectivity index (χ3n) is 0.885. The number of alkyl halides is 1. The standard InChI is InChI=1S/C6H10ClF/c1-4(2)6(7)5(3)8/h4,6H,3H2,1-2H3. The topological polar surface area (TPSA) is 0 Å². The second-order valence-corrected chi connectivity index (χ2v) is 2.56. The van der Waals surface area contributed by atoms with Gasteiger partial charge in [-0.3, -0.25) is 0 Å². The smallest absolute Gasteiger partial charge is 0.111 e. The predicted molar refractivity (Wildman–Crippen MR) is 34.7 cm³/mol. The van der Waals surface area contributed by atoms with Gasteiger partial charge >= 0.3 is 0 Å². The molecular weight excluding hydrogens is 127 g/mol. The van der Waals surface area contributed by atoms with Crippen LogP contribution in [0.25, 0.3) is 0 Å². The first-order valence-electron chi connectivity index (χ1n) is 2.54. The molecule has 0 aliphatic rings. The molecule has 0 rings (SSSR count). The number of hydrogen-bond donors (Lipinski definition) is 0. The van der Waals surface area contributed by atoms with E-state index in [-0.39, 0.29) is 5.92 Å². The van der Waals surface area contributed by atoms with Gasteiger partial charge in [0.1, 0.15) is 5.83 Å². The number of allylic oxidation sites excluding steroid dienone is 1. The monoisotopic (exact) mass is 136 g/mol. The first kappa shape index (κ1) is 7.96. The Morgan fingerprint density at radius 1 is 1.62 bits per heavy atom. The second kappa shape index (κ2) is 3.08. The van der Waals surface area contributed by atoms with E-state index in [4.69, 9.17) is 11.6 Å². The summed E-state index contributed by atoms with van der Waals surface area (Å²) in [6.07, 6.45) is 0. The van der Waals surface area contributed by atoms with Crippen molar-refractivity contribution in [2.45, 2.75) is 19.2 Å². The summed E-state index contributed by atoms with van der Waals surface area (Å²) >= 11 is 5.48. The molecule has 48 valence electrons. The first-order valence-corrected chi connectivity index (χ1v) is 2.97. The van der Waals surface area contributed by atoms with E-state index in [1.165, 1.54) is 0 Å². The van der Waals surface area contributed by atoms with E-state index >= 15 is 0 Å². The summed E-state index contributed by atoms with van der Waals surface area (Å²) in [6, 6.07) is 0. The van der Waals surface area contributed by atoms with E-state index < -0.39 is 11.2 Å². The minimum atomic E-state index is -0.519. The summed E-state index contributed by atoms with van der Waals surface area (Å²) in [7, 11) is 0. The number of rotatable bonds is 2. The molecule has 1 atom stereocenters. The van der Waals surface area contributed by atoms with Crippen LogP contribution >= 0.6 is 11.6 Å². The van der Waals surface area contributed by atoms with Crippen molar-refractivity contribution in [3.63, 3.8) is 0 Å². The molecule has 0 nitrogen and oxygen atoms in total. The second-order valence-electron chi connectivity index (χ2n) is 2.09. The SMILES string of the molecule is C=C(F)C(Cl)C(C)C. The van der Waals surface area contributed by atoms with E-state index in [9.17, 15) is 4.39 Å². The van der Waals surface area contributed by atoms with Crippen LogP contribution in [0.1, 0.15) is 13.8 Å². The molecule has 0 saturated carbocycles. The fourth-order valence-corrected chi connectivity index (χ4v) is 0.362. The van der Waals surface area contributed by atoms with Crippen molar-refractivity contribution in [1.29, 1.82) is 0 Å². The lowest BCUT2D eigenvalue weighted by Gasteiger charge is -2.08. The average molecular weight is 137 g/mol. The zero-order valence-electron chi connectivity index (χ0n) is 5.12. The largest absolute Gasteiger partial charge is 0.211 e. The summed E-state index contributed by atoms with van der Waals surface area (Å²) < 4.78 is 12.0. The molecule has 2 heteroatoms. The molecule has 8 heavy (non-hydrogen) atoms. The average Bonchev–Trinajstić information content (AvgIpc) is 1.64. The number of hydrogen-bond acceptors (Lipinski definition) is 0. The Kier molecular flexibility index (Phi) is 3.06. The van der Waals surface area contributed by atoms with Crippen molar-refractivity contribution in [3.8, 4) is 0 Å². The van der Waals surface area contributed by atoms with Crippen molar-refractivity contribution in [3.05, 3.63) is 12.4 Å². The van der Waals surface area contributed by atoms with Crippen molar-refractivity contribution in [2.75, 3.05) is 0 Å². The molecule has 0 fully saturated rings. The Hall–Kier alpha value is -0.0400. The third-order valence-corrected chi connectivity index (χ3v) is 1.63. The third kappa shape index (κ3) is 2.31. The molecule has 0 saturated heterocycles. The molecule has 0 aromatic heterocycles. The van der Waals surface area contributed by atoms with Crippen molar-refractivity contribution >= 4 is 11.6 Å². The Morgan fingerprint density at radius 2 is 2.00 bits per heavy atom. The Labute approximate surface area is 54.3 Å². The van der Waals surface area contributed by atoms with Crippen LogP contribution in [-0.4, -0.2) is 5.38 Å². The summed E-state index contributed by atoms with van der Waals surface area (Å²) in [4.78, 5) is 0. The van der Waals surface area contributed by atoms with Gasteiger partial charge in [0.25, 0.3) is 0 Å². The maximum Gasteiger partial charge on any atom is 0.111 e. The minimum Gasteiger partial charge on any atom is -0.211 e. The normalized spacial score (nSPS) is 14.1. The zero-order valence-corrected chi connectivity index (χ0v) is 5.87. The zero-order chi connectivity index (χ0) is 6.73. The van der Waals surface area contributed by atoms with Crippen LogP contribution in [-0.2, 0) is 0 Å². The first-order chi connectivity index (χ1) is 3.55. The maximum absolute atomic E-state index is 12.0. The minimum absolute atomic E-state index is 0.133. The summed E-state index contributed by atoms with van der Waals surface area (Å²) in [5, 5.41) is -0.519. The van der Waals surface area contributed by atoms with Gasteiger partial charge in [0.05, 0.1) is 5.38 Å². The summed E-state index contributed by atoms with van der Waals surface area (Å²) in [6.45, 7) is 6.78. The Bertz CT molecular complexity index is 88.5. The Morgan fingerprint density at radius 3 is 2.00 bits per heavy atom. The number of halogens is 2. The van der Waals surface area contributed by atoms with Crippen LogP contribution in [0.3, 0.4) is 0 Å². The summed E-state index contributed by atoms with van der Waals surface area (Å²) in [5.74, 6) is -0.309. The molecule has 0 aromatic carbocycles. The quantitative estimate of drug-likeness (QED) is 0.512. The van der Waals surface area contributed by atoms with Crippen LogP contribution in [0.15, 0.2) is 12.4 Å². The maximum atomic E-state index is 12.0. The molecule has 0 heterocycles. The van der Waals surface area contributed by atoms with Crippen molar-refractivity contribution in [2.24, 2.45) is 5.92 Å². The van der Waals surface area contributed by atoms with Gasteiger partial charge in [-0.1, -0.05) is 20.4 Å². The molecule has 0 aliphatic carbocycles. The molecule has 0 aromatic rings. The molecule has 0 aliphatic heterocycles. The van der Waals surface area contributed by atoms with Crippen LogP contribution in [0, 0.1) is 5.92 Å². The van der Waals surface area contributed by atoms with Gasteiger partial charge in [0.2, 0.25) is 0 Å². The molecule has 0 spiro atoms. The van der Waals surface area contributed by atoms with Crippen molar-refractivity contribution in [1.82, 2.24) is 0 Å². The van der Waals surface area contributed by atoms with E-state index in [0.29, 0.717) is 0 Å². The highest BCUT2D eigenvalue weighted by molar-refractivity contribution is 6.22. The van der Waals surface area contributed by atoms with Gasteiger partial charge < -0.3 is 0 Å². The summed E-state index contributed by atoms with van der Waals surface area (Å²) in [5.41, 5.74) is 0. The fraction of sp³-hybridized carbons (Fsp3) is 0.667. The molecule has 0 radical (unpaired) electrons. The lowest BCUT2D eigenvalue weighted by molar-refractivity contribution is 0.526. The highest BCUT2D eigenvalue weighted by atomic mass is 35.5. The Balaban J connectivity index is 3.64. The van der Waals surface area contributed by atoms with Gasteiger partial charge in [-0.15, -0.1) is 11.6 Å². The van der Waals surface area contributed by atoms with Crippen LogP contribution in [0.2, 0.25) is 0 Å². The highest BCUT2D eigenvalue weighted by Gasteiger charge is 2.11. The van der Waals surface area contributed by atoms with Crippen LogP contribution in [0.4, 0.5) is 4.39 Å². The van der Waals surface area contributed by atoms with Crippen LogP contribution < -0.4 is 0 Å². The van der Waals surface area contributed by atoms with Gasteiger partial charge in [0.15, 0.2) is 0 Å². The lowest BCUT2D eigenvalue weighted by Crippen LogP contribution is -2.06. The molecular formula is C6H10ClF. The van der Waals surface area contributed by atoms with E-state index in [1.807, 2.05) is 13.8 Å². The van der Waals surface area contributed by atoms with E-state index in [2.05, 4.69) is 6.58 Å². The van der Waals surface area contributed by atoms with E-state index in [1.54, 1.807) is 0 Å². The van der Waals surface area contributed by atoms with Gasteiger partial charge in [0, 0.05) is 0 Å². The molecule has 0 amide bonds. The van der Waals surface area contributed by atoms with Gasteiger partial charge in [-0.25, -0.2) is 4.39 Å².